The summed E-state index contributed by atoms with van der Waals surface area (Å²) in [5.41, 5.74) is 0.518. The number of nitrogens with one attached hydrogen (secondary N) is 1. The molecule has 1 aliphatic rings. The maximum absolute atomic E-state index is 12.8. The SMILES string of the molecule is COc1cccc(CC(C)NC(=O)[C@@H]2CCCCN2C(=O)OC(C)(C)C)c1. The summed E-state index contributed by atoms with van der Waals surface area (Å²) in [5, 5.41) is 3.05. The summed E-state index contributed by atoms with van der Waals surface area (Å²) >= 11 is 0. The second kappa shape index (κ2) is 9.11. The molecular weight excluding hydrogens is 344 g/mol. The summed E-state index contributed by atoms with van der Waals surface area (Å²) in [5.74, 6) is 0.686. The summed E-state index contributed by atoms with van der Waals surface area (Å²) in [6, 6.07) is 7.30. The highest BCUT2D eigenvalue weighted by Crippen LogP contribution is 2.21. The molecule has 0 spiro atoms. The Labute approximate surface area is 162 Å². The first-order valence-electron chi connectivity index (χ1n) is 9.62. The molecule has 6 heteroatoms. The van der Waals surface area contributed by atoms with Crippen LogP contribution in [0.15, 0.2) is 24.3 Å². The largest absolute Gasteiger partial charge is 0.497 e. The average Bonchev–Trinajstić information content (AvgIpc) is 2.60. The van der Waals surface area contributed by atoms with Gasteiger partial charge in [-0.3, -0.25) is 9.69 Å². The molecule has 1 N–H and O–H groups in total. The number of likely N-dealkylation sites (tertiary alicyclic amines) is 1. The monoisotopic (exact) mass is 376 g/mol. The van der Waals surface area contributed by atoms with E-state index in [0.29, 0.717) is 19.4 Å². The number of hydrogen-bond donors (Lipinski definition) is 1. The molecule has 1 aromatic rings. The molecule has 0 aromatic heterocycles. The molecule has 1 aromatic carbocycles. The predicted molar refractivity (Wildman–Crippen MR) is 105 cm³/mol. The lowest BCUT2D eigenvalue weighted by Crippen LogP contribution is -2.54. The van der Waals surface area contributed by atoms with E-state index in [-0.39, 0.29) is 11.9 Å². The third kappa shape index (κ3) is 6.45. The lowest BCUT2D eigenvalue weighted by molar-refractivity contribution is -0.128. The number of hydrogen-bond acceptors (Lipinski definition) is 4. The molecule has 1 heterocycles. The summed E-state index contributed by atoms with van der Waals surface area (Å²) < 4.78 is 10.7. The van der Waals surface area contributed by atoms with Gasteiger partial charge in [-0.2, -0.15) is 0 Å². The molecule has 1 unspecified atom stereocenters. The van der Waals surface area contributed by atoms with Crippen LogP contribution in [0.5, 0.6) is 5.75 Å². The van der Waals surface area contributed by atoms with Crippen molar-refractivity contribution in [1.29, 1.82) is 0 Å². The summed E-state index contributed by atoms with van der Waals surface area (Å²) in [4.78, 5) is 26.9. The van der Waals surface area contributed by atoms with E-state index >= 15 is 0 Å². The van der Waals surface area contributed by atoms with E-state index in [2.05, 4.69) is 5.32 Å². The Morgan fingerprint density at radius 1 is 1.30 bits per heavy atom. The topological polar surface area (TPSA) is 67.9 Å². The van der Waals surface area contributed by atoms with Crippen molar-refractivity contribution >= 4 is 12.0 Å². The highest BCUT2D eigenvalue weighted by molar-refractivity contribution is 5.86. The average molecular weight is 376 g/mol. The zero-order valence-corrected chi connectivity index (χ0v) is 17.1. The van der Waals surface area contributed by atoms with Crippen LogP contribution in [0.3, 0.4) is 0 Å². The van der Waals surface area contributed by atoms with Gasteiger partial charge in [0.15, 0.2) is 0 Å². The van der Waals surface area contributed by atoms with E-state index in [1.54, 1.807) is 12.0 Å². The second-order valence-corrected chi connectivity index (χ2v) is 8.15. The van der Waals surface area contributed by atoms with Gasteiger partial charge in [-0.05, 0) is 71.1 Å². The summed E-state index contributed by atoms with van der Waals surface area (Å²) in [7, 11) is 1.64. The van der Waals surface area contributed by atoms with E-state index in [4.69, 9.17) is 9.47 Å². The first kappa shape index (κ1) is 21.1. The number of ether oxygens (including phenoxy) is 2. The number of benzene rings is 1. The number of methoxy groups -OCH3 is 1. The number of carbonyl (C=O) groups excluding carboxylic acids is 2. The van der Waals surface area contributed by atoms with Crippen LogP contribution in [0.4, 0.5) is 4.79 Å². The molecule has 0 aliphatic carbocycles. The minimum absolute atomic E-state index is 0.0491. The zero-order valence-electron chi connectivity index (χ0n) is 17.1. The highest BCUT2D eigenvalue weighted by Gasteiger charge is 2.35. The fraction of sp³-hybridized carbons (Fsp3) is 0.619. The van der Waals surface area contributed by atoms with Gasteiger partial charge in [0.1, 0.15) is 17.4 Å². The van der Waals surface area contributed by atoms with Crippen molar-refractivity contribution in [1.82, 2.24) is 10.2 Å². The molecule has 27 heavy (non-hydrogen) atoms. The van der Waals surface area contributed by atoms with Gasteiger partial charge in [0.05, 0.1) is 7.11 Å². The van der Waals surface area contributed by atoms with Crippen molar-refractivity contribution in [3.63, 3.8) is 0 Å². The fourth-order valence-electron chi connectivity index (χ4n) is 3.29. The van der Waals surface area contributed by atoms with Crippen LogP contribution < -0.4 is 10.1 Å². The van der Waals surface area contributed by atoms with Gasteiger partial charge < -0.3 is 14.8 Å². The smallest absolute Gasteiger partial charge is 0.410 e. The zero-order chi connectivity index (χ0) is 20.0. The first-order valence-corrected chi connectivity index (χ1v) is 9.62. The van der Waals surface area contributed by atoms with Gasteiger partial charge >= 0.3 is 6.09 Å². The van der Waals surface area contributed by atoms with Gasteiger partial charge in [-0.25, -0.2) is 4.79 Å². The van der Waals surface area contributed by atoms with E-state index in [1.165, 1.54) is 0 Å². The van der Waals surface area contributed by atoms with Crippen LogP contribution in [0.25, 0.3) is 0 Å². The molecular formula is C21H32N2O4. The number of nitrogens with zero attached hydrogens (tertiary/aromatic N) is 1. The highest BCUT2D eigenvalue weighted by atomic mass is 16.6. The minimum atomic E-state index is -0.574. The van der Waals surface area contributed by atoms with Crippen LogP contribution in [0.1, 0.15) is 52.5 Å². The third-order valence-corrected chi connectivity index (χ3v) is 4.50. The molecule has 2 rings (SSSR count). The van der Waals surface area contributed by atoms with Crippen molar-refractivity contribution in [3.05, 3.63) is 29.8 Å². The van der Waals surface area contributed by atoms with Gasteiger partial charge in [-0.15, -0.1) is 0 Å². The molecule has 2 amide bonds. The lowest BCUT2D eigenvalue weighted by Gasteiger charge is -2.36. The van der Waals surface area contributed by atoms with Crippen LogP contribution in [0.2, 0.25) is 0 Å². The quantitative estimate of drug-likeness (QED) is 0.854. The molecule has 1 saturated heterocycles. The molecule has 6 nitrogen and oxygen atoms in total. The van der Waals surface area contributed by atoms with E-state index in [9.17, 15) is 9.59 Å². The predicted octanol–water partition coefficient (Wildman–Crippen LogP) is 3.53. The lowest BCUT2D eigenvalue weighted by atomic mass is 10.0. The fourth-order valence-corrected chi connectivity index (χ4v) is 3.29. The van der Waals surface area contributed by atoms with Crippen LogP contribution in [-0.2, 0) is 16.0 Å². The van der Waals surface area contributed by atoms with E-state index in [1.807, 2.05) is 52.0 Å². The van der Waals surface area contributed by atoms with Crippen molar-refractivity contribution in [2.75, 3.05) is 13.7 Å². The van der Waals surface area contributed by atoms with E-state index in [0.717, 1.165) is 24.2 Å². The van der Waals surface area contributed by atoms with Crippen molar-refractivity contribution in [2.45, 2.75) is 71.1 Å². The number of amides is 2. The number of rotatable bonds is 5. The molecule has 2 atom stereocenters. The Balaban J connectivity index is 1.98. The van der Waals surface area contributed by atoms with Crippen LogP contribution >= 0.6 is 0 Å². The summed E-state index contributed by atoms with van der Waals surface area (Å²) in [6.45, 7) is 8.02. The molecule has 1 fully saturated rings. The molecule has 150 valence electrons. The van der Waals surface area contributed by atoms with Crippen molar-refractivity contribution in [3.8, 4) is 5.75 Å². The Kier molecular flexibility index (Phi) is 7.11. The Bertz CT molecular complexity index is 654. The van der Waals surface area contributed by atoms with Gasteiger partial charge in [0, 0.05) is 12.6 Å². The first-order chi connectivity index (χ1) is 12.7. The number of piperidine rings is 1. The molecule has 1 aliphatic heterocycles. The van der Waals surface area contributed by atoms with Crippen LogP contribution in [0, 0.1) is 0 Å². The van der Waals surface area contributed by atoms with Crippen molar-refractivity contribution in [2.24, 2.45) is 0 Å². The van der Waals surface area contributed by atoms with Crippen LogP contribution in [-0.4, -0.2) is 48.2 Å². The molecule has 0 bridgehead atoms. The van der Waals surface area contributed by atoms with Gasteiger partial charge in [0.25, 0.3) is 0 Å². The Morgan fingerprint density at radius 3 is 2.70 bits per heavy atom. The minimum Gasteiger partial charge on any atom is -0.497 e. The van der Waals surface area contributed by atoms with E-state index < -0.39 is 17.7 Å². The number of carbonyl (C=O) groups is 2. The Hall–Kier alpha value is -2.24. The normalized spacial score (nSPS) is 18.6. The van der Waals surface area contributed by atoms with Gasteiger partial charge in [-0.1, -0.05) is 12.1 Å². The van der Waals surface area contributed by atoms with Gasteiger partial charge in [0.2, 0.25) is 5.91 Å². The maximum atomic E-state index is 12.8. The second-order valence-electron chi connectivity index (χ2n) is 8.15. The van der Waals surface area contributed by atoms with Crippen molar-refractivity contribution < 1.29 is 19.1 Å². The molecule has 0 radical (unpaired) electrons. The molecule has 0 saturated carbocycles. The summed E-state index contributed by atoms with van der Waals surface area (Å²) in [6.07, 6.45) is 2.77. The third-order valence-electron chi connectivity index (χ3n) is 4.50. The standard InChI is InChI=1S/C21H32N2O4/c1-15(13-16-9-8-10-17(14-16)26-5)22-19(24)18-11-6-7-12-23(18)20(25)27-21(2,3)4/h8-10,14-15,18H,6-7,11-13H2,1-5H3,(H,22,24)/t15?,18-/m0/s1. The maximum Gasteiger partial charge on any atom is 0.410 e. The Morgan fingerprint density at radius 2 is 2.04 bits per heavy atom.